The number of benzene rings is 1. The van der Waals surface area contributed by atoms with E-state index in [2.05, 4.69) is 53.7 Å². The Morgan fingerprint density at radius 3 is 1.91 bits per heavy atom. The van der Waals surface area contributed by atoms with Gasteiger partial charge in [-0.1, -0.05) is 78.9 Å². The minimum atomic E-state index is -1.15. The third-order valence-electron chi connectivity index (χ3n) is 4.66. The molecule has 1 nitrogen and oxygen atoms in total. The molecular weight excluding hydrogens is 316 g/mol. The molecule has 23 heavy (non-hydrogen) atoms. The number of phenolic OH excluding ortho intramolecular Hbond substituents is 1. The summed E-state index contributed by atoms with van der Waals surface area (Å²) in [4.78, 5) is 1.33. The molecule has 0 aliphatic heterocycles. The van der Waals surface area contributed by atoms with Gasteiger partial charge < -0.3 is 5.11 Å². The first-order valence-corrected chi connectivity index (χ1v) is 13.1. The zero-order valence-corrected chi connectivity index (χ0v) is 17.9. The lowest BCUT2D eigenvalue weighted by molar-refractivity contribution is 0.446. The molecule has 132 valence electrons. The molecule has 0 unspecified atom stereocenters. The van der Waals surface area contributed by atoms with Crippen molar-refractivity contribution in [2.75, 3.05) is 5.38 Å². The molecule has 0 amide bonds. The molecule has 3 heteroatoms. The van der Waals surface area contributed by atoms with Gasteiger partial charge >= 0.3 is 0 Å². The fourth-order valence-corrected chi connectivity index (χ4v) is 11.5. The molecule has 0 aliphatic rings. The molecule has 0 aromatic heterocycles. The third-order valence-corrected chi connectivity index (χ3v) is 13.0. The van der Waals surface area contributed by atoms with E-state index in [1.54, 1.807) is 0 Å². The highest BCUT2D eigenvalue weighted by Gasteiger charge is 2.30. The summed E-state index contributed by atoms with van der Waals surface area (Å²) in [6.07, 6.45) is 3.99. The van der Waals surface area contributed by atoms with Crippen molar-refractivity contribution >= 4 is 19.8 Å². The van der Waals surface area contributed by atoms with Gasteiger partial charge in [0, 0.05) is 10.5 Å². The molecular formula is C20H36OSSi. The molecule has 0 radical (unpaired) electrons. The molecule has 1 N–H and O–H groups in total. The van der Waals surface area contributed by atoms with Gasteiger partial charge in [-0.05, 0) is 29.0 Å². The van der Waals surface area contributed by atoms with Crippen molar-refractivity contribution in [3.05, 3.63) is 23.8 Å². The van der Waals surface area contributed by atoms with Gasteiger partial charge in [0.05, 0.1) is 8.07 Å². The van der Waals surface area contributed by atoms with Crippen LogP contribution in [0.2, 0.25) is 18.1 Å². The number of hydrogen-bond acceptors (Lipinski definition) is 2. The largest absolute Gasteiger partial charge is 0.508 e. The molecule has 0 heterocycles. The van der Waals surface area contributed by atoms with Crippen LogP contribution in [0.15, 0.2) is 23.1 Å². The van der Waals surface area contributed by atoms with E-state index in [1.807, 2.05) is 17.8 Å². The maximum atomic E-state index is 10.2. The third kappa shape index (κ3) is 6.19. The number of hydrogen-bond donors (Lipinski definition) is 1. The summed E-state index contributed by atoms with van der Waals surface area (Å²) in [6, 6.07) is 10.6. The van der Waals surface area contributed by atoms with Crippen LogP contribution in [0.4, 0.5) is 0 Å². The maximum absolute atomic E-state index is 10.2. The molecule has 1 rings (SSSR count). The van der Waals surface area contributed by atoms with Crippen molar-refractivity contribution < 1.29 is 5.11 Å². The number of phenols is 1. The van der Waals surface area contributed by atoms with Crippen LogP contribution < -0.4 is 0 Å². The summed E-state index contributed by atoms with van der Waals surface area (Å²) in [5, 5.41) is 11.5. The fourth-order valence-electron chi connectivity index (χ4n) is 3.62. The quantitative estimate of drug-likeness (QED) is 0.381. The maximum Gasteiger partial charge on any atom is 0.119 e. The molecule has 1 aromatic carbocycles. The summed E-state index contributed by atoms with van der Waals surface area (Å²) in [7, 11) is -1.15. The van der Waals surface area contributed by atoms with Crippen LogP contribution in [-0.2, 0) is 5.41 Å². The van der Waals surface area contributed by atoms with Crippen LogP contribution in [0.1, 0.15) is 66.4 Å². The van der Waals surface area contributed by atoms with Crippen molar-refractivity contribution in [2.45, 2.75) is 89.2 Å². The zero-order chi connectivity index (χ0) is 17.5. The Balaban J connectivity index is 2.93. The van der Waals surface area contributed by atoms with E-state index < -0.39 is 8.07 Å². The SMILES string of the molecule is CCC[Si](CCC)(CCC)CSc1ccc(O)c(C(C)(C)C)c1. The molecule has 0 fully saturated rings. The van der Waals surface area contributed by atoms with E-state index in [0.29, 0.717) is 5.75 Å². The lowest BCUT2D eigenvalue weighted by Crippen LogP contribution is -2.37. The average Bonchev–Trinajstić information content (AvgIpc) is 2.46. The fraction of sp³-hybridized carbons (Fsp3) is 0.700. The predicted octanol–water partition coefficient (Wildman–Crippen LogP) is 7.00. The molecule has 0 aliphatic carbocycles. The van der Waals surface area contributed by atoms with Crippen molar-refractivity contribution in [3.63, 3.8) is 0 Å². The highest BCUT2D eigenvalue weighted by molar-refractivity contribution is 8.01. The van der Waals surface area contributed by atoms with E-state index in [-0.39, 0.29) is 5.41 Å². The monoisotopic (exact) mass is 352 g/mol. The van der Waals surface area contributed by atoms with E-state index in [1.165, 1.54) is 47.7 Å². The van der Waals surface area contributed by atoms with Gasteiger partial charge in [0.2, 0.25) is 0 Å². The number of aromatic hydroxyl groups is 1. The van der Waals surface area contributed by atoms with Gasteiger partial charge in [0.1, 0.15) is 5.75 Å². The Bertz CT molecular complexity index is 462. The van der Waals surface area contributed by atoms with Crippen molar-refractivity contribution in [3.8, 4) is 5.75 Å². The van der Waals surface area contributed by atoms with Gasteiger partial charge in [0.15, 0.2) is 0 Å². The van der Waals surface area contributed by atoms with Crippen molar-refractivity contribution in [1.82, 2.24) is 0 Å². The van der Waals surface area contributed by atoms with Gasteiger partial charge in [-0.25, -0.2) is 0 Å². The Labute approximate surface area is 149 Å². The Morgan fingerprint density at radius 2 is 1.48 bits per heavy atom. The average molecular weight is 353 g/mol. The van der Waals surface area contributed by atoms with Crippen molar-refractivity contribution in [1.29, 1.82) is 0 Å². The first kappa shape index (κ1) is 20.6. The highest BCUT2D eigenvalue weighted by Crippen LogP contribution is 2.37. The van der Waals surface area contributed by atoms with Crippen LogP contribution in [0.5, 0.6) is 5.75 Å². The molecule has 0 spiro atoms. The molecule has 0 bridgehead atoms. The van der Waals surface area contributed by atoms with Crippen LogP contribution in [0, 0.1) is 0 Å². The van der Waals surface area contributed by atoms with E-state index in [9.17, 15) is 5.11 Å². The second kappa shape index (κ2) is 9.17. The lowest BCUT2D eigenvalue weighted by Gasteiger charge is -2.31. The predicted molar refractivity (Wildman–Crippen MR) is 109 cm³/mol. The van der Waals surface area contributed by atoms with Gasteiger partial charge in [-0.15, -0.1) is 11.8 Å². The summed E-state index contributed by atoms with van der Waals surface area (Å²) in [5.41, 5.74) is 1.06. The second-order valence-corrected chi connectivity index (χ2v) is 14.4. The van der Waals surface area contributed by atoms with Crippen LogP contribution in [0.25, 0.3) is 0 Å². The standard InChI is InChI=1S/C20H36OSSi/c1-7-12-23(13-8-2,14-9-3)16-22-17-10-11-19(21)18(15-17)20(4,5)6/h10-11,15,21H,7-9,12-14,16H2,1-6H3. The van der Waals surface area contributed by atoms with Crippen LogP contribution >= 0.6 is 11.8 Å². The minimum absolute atomic E-state index is 0.00851. The van der Waals surface area contributed by atoms with E-state index in [0.717, 1.165) is 5.56 Å². The summed E-state index contributed by atoms with van der Waals surface area (Å²) in [5.74, 6) is 0.432. The smallest absolute Gasteiger partial charge is 0.119 e. The highest BCUT2D eigenvalue weighted by atomic mass is 32.2. The minimum Gasteiger partial charge on any atom is -0.508 e. The number of thioether (sulfide) groups is 1. The van der Waals surface area contributed by atoms with Crippen LogP contribution in [0.3, 0.4) is 0 Å². The summed E-state index contributed by atoms with van der Waals surface area (Å²) < 4.78 is 0. The van der Waals surface area contributed by atoms with E-state index in [4.69, 9.17) is 0 Å². The molecule has 0 saturated heterocycles. The van der Waals surface area contributed by atoms with Gasteiger partial charge in [0.25, 0.3) is 0 Å². The Kier molecular flexibility index (Phi) is 8.23. The normalized spacial score (nSPS) is 12.6. The second-order valence-electron chi connectivity index (χ2n) is 7.97. The first-order valence-electron chi connectivity index (χ1n) is 9.24. The first-order chi connectivity index (χ1) is 10.8. The topological polar surface area (TPSA) is 20.2 Å². The molecule has 0 atom stereocenters. The molecule has 1 aromatic rings. The van der Waals surface area contributed by atoms with Crippen LogP contribution in [-0.4, -0.2) is 18.6 Å². The van der Waals surface area contributed by atoms with Crippen molar-refractivity contribution in [2.24, 2.45) is 0 Å². The Hall–Kier alpha value is -0.413. The lowest BCUT2D eigenvalue weighted by atomic mass is 9.86. The van der Waals surface area contributed by atoms with Gasteiger partial charge in [-0.2, -0.15) is 0 Å². The van der Waals surface area contributed by atoms with Gasteiger partial charge in [-0.3, -0.25) is 0 Å². The molecule has 0 saturated carbocycles. The number of rotatable bonds is 9. The summed E-state index contributed by atoms with van der Waals surface area (Å²) >= 11 is 2.04. The van der Waals surface area contributed by atoms with E-state index >= 15 is 0 Å². The Morgan fingerprint density at radius 1 is 0.957 bits per heavy atom. The zero-order valence-electron chi connectivity index (χ0n) is 16.0. The summed E-state index contributed by atoms with van der Waals surface area (Å²) in [6.45, 7) is 13.5.